The molecule has 1 N–H and O–H groups in total. The first-order valence-electron chi connectivity index (χ1n) is 9.56. The number of unbranched alkanes of at least 4 members (excludes halogenated alkanes) is 7. The maximum Gasteiger partial charge on any atom is 0.00666 e. The molecule has 0 saturated carbocycles. The van der Waals surface area contributed by atoms with E-state index in [2.05, 4.69) is 47.0 Å². The van der Waals surface area contributed by atoms with Crippen LogP contribution in [-0.2, 0) is 0 Å². The summed E-state index contributed by atoms with van der Waals surface area (Å²) in [5, 5.41) is 3.54. The van der Waals surface area contributed by atoms with Crippen LogP contribution in [0.1, 0.15) is 105 Å². The molecule has 0 saturated heterocycles. The van der Waals surface area contributed by atoms with Gasteiger partial charge in [0.2, 0.25) is 0 Å². The largest absolute Gasteiger partial charge is 0.317 e. The van der Waals surface area contributed by atoms with Gasteiger partial charge in [-0.05, 0) is 37.6 Å². The lowest BCUT2D eigenvalue weighted by atomic mass is 9.82. The highest BCUT2D eigenvalue weighted by atomic mass is 14.9. The van der Waals surface area contributed by atoms with E-state index >= 15 is 0 Å². The molecule has 0 aromatic carbocycles. The second-order valence-electron chi connectivity index (χ2n) is 8.35. The first-order chi connectivity index (χ1) is 9.89. The fourth-order valence-electron chi connectivity index (χ4n) is 3.52. The molecule has 1 nitrogen and oxygen atoms in total. The minimum absolute atomic E-state index is 0.468. The topological polar surface area (TPSA) is 12.0 Å². The van der Waals surface area contributed by atoms with Crippen LogP contribution in [0.25, 0.3) is 0 Å². The summed E-state index contributed by atoms with van der Waals surface area (Å²) in [5.74, 6) is 0.830. The van der Waals surface area contributed by atoms with Gasteiger partial charge >= 0.3 is 0 Å². The molecule has 0 aliphatic rings. The van der Waals surface area contributed by atoms with Crippen molar-refractivity contribution in [1.82, 2.24) is 5.32 Å². The van der Waals surface area contributed by atoms with E-state index < -0.39 is 0 Å². The highest BCUT2D eigenvalue weighted by Gasteiger charge is 2.18. The van der Waals surface area contributed by atoms with Gasteiger partial charge in [0.15, 0.2) is 0 Å². The molecule has 0 bridgehead atoms. The van der Waals surface area contributed by atoms with Gasteiger partial charge in [0.1, 0.15) is 0 Å². The summed E-state index contributed by atoms with van der Waals surface area (Å²) in [7, 11) is 2.14. The van der Waals surface area contributed by atoms with Gasteiger partial charge in [-0.15, -0.1) is 0 Å². The Hall–Kier alpha value is -0.0400. The van der Waals surface area contributed by atoms with E-state index in [1.165, 1.54) is 70.6 Å². The van der Waals surface area contributed by atoms with Gasteiger partial charge in [0, 0.05) is 6.04 Å². The van der Waals surface area contributed by atoms with Crippen molar-refractivity contribution >= 4 is 0 Å². The molecule has 1 heteroatoms. The zero-order valence-corrected chi connectivity index (χ0v) is 15.9. The Balaban J connectivity index is 3.61. The molecule has 128 valence electrons. The minimum Gasteiger partial charge on any atom is -0.317 e. The molecular formula is C20H43N. The summed E-state index contributed by atoms with van der Waals surface area (Å²) in [6.07, 6.45) is 15.4. The molecule has 0 aromatic rings. The van der Waals surface area contributed by atoms with Gasteiger partial charge in [0.05, 0.1) is 0 Å². The highest BCUT2D eigenvalue weighted by Crippen LogP contribution is 2.27. The summed E-state index contributed by atoms with van der Waals surface area (Å²) in [4.78, 5) is 0. The molecule has 0 radical (unpaired) electrons. The van der Waals surface area contributed by atoms with Crippen LogP contribution in [0.4, 0.5) is 0 Å². The van der Waals surface area contributed by atoms with Crippen LogP contribution in [0.2, 0.25) is 0 Å². The van der Waals surface area contributed by atoms with Crippen LogP contribution in [0.15, 0.2) is 0 Å². The maximum atomic E-state index is 3.54. The Morgan fingerprint density at radius 3 is 1.86 bits per heavy atom. The monoisotopic (exact) mass is 297 g/mol. The van der Waals surface area contributed by atoms with Crippen LogP contribution in [-0.4, -0.2) is 13.1 Å². The molecule has 0 heterocycles. The lowest BCUT2D eigenvalue weighted by molar-refractivity contribution is 0.272. The third kappa shape index (κ3) is 14.7. The fraction of sp³-hybridized carbons (Fsp3) is 1.00. The molecule has 21 heavy (non-hydrogen) atoms. The van der Waals surface area contributed by atoms with Gasteiger partial charge in [-0.2, -0.15) is 0 Å². The number of nitrogens with one attached hydrogen (secondary N) is 1. The molecular weight excluding hydrogens is 254 g/mol. The Morgan fingerprint density at radius 1 is 0.857 bits per heavy atom. The lowest BCUT2D eigenvalue weighted by Gasteiger charge is -2.26. The van der Waals surface area contributed by atoms with E-state index in [0.29, 0.717) is 5.41 Å². The molecule has 0 amide bonds. The maximum absolute atomic E-state index is 3.54. The van der Waals surface area contributed by atoms with Crippen molar-refractivity contribution in [1.29, 1.82) is 0 Å². The summed E-state index contributed by atoms with van der Waals surface area (Å²) in [6, 6.07) is 0.724. The zero-order chi connectivity index (χ0) is 16.1. The van der Waals surface area contributed by atoms with Crippen molar-refractivity contribution < 1.29 is 0 Å². The van der Waals surface area contributed by atoms with Crippen molar-refractivity contribution in [2.75, 3.05) is 7.05 Å². The van der Waals surface area contributed by atoms with Crippen molar-refractivity contribution in [2.45, 2.75) is 111 Å². The molecule has 2 atom stereocenters. The van der Waals surface area contributed by atoms with Crippen LogP contribution in [0, 0.1) is 11.3 Å². The van der Waals surface area contributed by atoms with Gasteiger partial charge in [-0.1, -0.05) is 86.0 Å². The molecule has 0 aliphatic heterocycles. The van der Waals surface area contributed by atoms with Crippen LogP contribution < -0.4 is 5.32 Å². The van der Waals surface area contributed by atoms with Crippen LogP contribution in [0.3, 0.4) is 0 Å². The smallest absolute Gasteiger partial charge is 0.00666 e. The number of hydrogen-bond donors (Lipinski definition) is 1. The third-order valence-electron chi connectivity index (χ3n) is 4.46. The van der Waals surface area contributed by atoms with E-state index in [-0.39, 0.29) is 0 Å². The molecule has 0 aromatic heterocycles. The van der Waals surface area contributed by atoms with Crippen molar-refractivity contribution in [3.8, 4) is 0 Å². The second kappa shape index (κ2) is 12.5. The van der Waals surface area contributed by atoms with E-state index in [1.807, 2.05) is 0 Å². The van der Waals surface area contributed by atoms with E-state index in [0.717, 1.165) is 12.0 Å². The first-order valence-corrected chi connectivity index (χ1v) is 9.56. The normalized spacial score (nSPS) is 15.1. The predicted molar refractivity (Wildman–Crippen MR) is 97.9 cm³/mol. The standard InChI is InChI=1S/C20H43N/c1-7-8-9-10-11-12-13-14-15-19(21-6)16-18(2)17-20(3,4)5/h18-19,21H,7-17H2,1-6H3. The van der Waals surface area contributed by atoms with Gasteiger partial charge in [-0.25, -0.2) is 0 Å². The Bertz CT molecular complexity index is 216. The quantitative estimate of drug-likeness (QED) is 0.379. The summed E-state index contributed by atoms with van der Waals surface area (Å²) < 4.78 is 0. The second-order valence-corrected chi connectivity index (χ2v) is 8.35. The van der Waals surface area contributed by atoms with E-state index in [1.54, 1.807) is 0 Å². The van der Waals surface area contributed by atoms with E-state index in [9.17, 15) is 0 Å². The van der Waals surface area contributed by atoms with Gasteiger partial charge in [-0.3, -0.25) is 0 Å². The van der Waals surface area contributed by atoms with Gasteiger partial charge in [0.25, 0.3) is 0 Å². The fourth-order valence-corrected chi connectivity index (χ4v) is 3.52. The Kier molecular flexibility index (Phi) is 12.5. The van der Waals surface area contributed by atoms with Crippen LogP contribution >= 0.6 is 0 Å². The van der Waals surface area contributed by atoms with Crippen LogP contribution in [0.5, 0.6) is 0 Å². The number of hydrogen-bond acceptors (Lipinski definition) is 1. The molecule has 0 spiro atoms. The highest BCUT2D eigenvalue weighted by molar-refractivity contribution is 4.73. The van der Waals surface area contributed by atoms with Crippen molar-refractivity contribution in [2.24, 2.45) is 11.3 Å². The zero-order valence-electron chi connectivity index (χ0n) is 15.9. The number of rotatable bonds is 13. The summed E-state index contributed by atoms with van der Waals surface area (Å²) >= 11 is 0. The Labute approximate surface area is 135 Å². The Morgan fingerprint density at radius 2 is 1.38 bits per heavy atom. The summed E-state index contributed by atoms with van der Waals surface area (Å²) in [5.41, 5.74) is 0.468. The average molecular weight is 298 g/mol. The summed E-state index contributed by atoms with van der Waals surface area (Å²) in [6.45, 7) is 11.8. The SMILES string of the molecule is CCCCCCCCCCC(CC(C)CC(C)(C)C)NC. The lowest BCUT2D eigenvalue weighted by Crippen LogP contribution is -2.28. The molecule has 0 fully saturated rings. The van der Waals surface area contributed by atoms with Crippen molar-refractivity contribution in [3.05, 3.63) is 0 Å². The minimum atomic E-state index is 0.468. The first kappa shape index (κ1) is 21.0. The van der Waals surface area contributed by atoms with E-state index in [4.69, 9.17) is 0 Å². The van der Waals surface area contributed by atoms with Crippen molar-refractivity contribution in [3.63, 3.8) is 0 Å². The third-order valence-corrected chi connectivity index (χ3v) is 4.46. The average Bonchev–Trinajstić information content (AvgIpc) is 2.38. The molecule has 2 unspecified atom stereocenters. The predicted octanol–water partition coefficient (Wildman–Crippen LogP) is 6.57. The van der Waals surface area contributed by atoms with Gasteiger partial charge < -0.3 is 5.32 Å². The molecule has 0 aliphatic carbocycles. The molecule has 0 rings (SSSR count).